The summed E-state index contributed by atoms with van der Waals surface area (Å²) in [6.07, 6.45) is 5.16. The number of benzene rings is 1. The Morgan fingerprint density at radius 1 is 1.39 bits per heavy atom. The van der Waals surface area contributed by atoms with Crippen molar-refractivity contribution in [2.45, 2.75) is 32.2 Å². The quantitative estimate of drug-likeness (QED) is 0.886. The number of carbonyl (C=O) groups excluding carboxylic acids is 1. The topological polar surface area (TPSA) is 46.3 Å². The van der Waals surface area contributed by atoms with Gasteiger partial charge in [0.15, 0.2) is 0 Å². The number of carbonyl (C=O) groups is 1. The van der Waals surface area contributed by atoms with Crippen molar-refractivity contribution in [2.24, 2.45) is 11.7 Å². The molecule has 1 aliphatic carbocycles. The minimum absolute atomic E-state index is 0.109. The van der Waals surface area contributed by atoms with E-state index in [1.54, 1.807) is 0 Å². The Balaban J connectivity index is 2.00. The molecule has 0 unspecified atom stereocenters. The third-order valence-corrected chi connectivity index (χ3v) is 3.76. The molecule has 1 aromatic carbocycles. The molecular weight excluding hydrogens is 224 g/mol. The first kappa shape index (κ1) is 13.1. The standard InChI is InChI=1S/C15H22N2O/c1-17(11-12-5-2-3-6-12)15(18)14-8-4-7-13(9-14)10-16/h4,7-9,12H,2-3,5-6,10-11,16H2,1H3. The summed E-state index contributed by atoms with van der Waals surface area (Å²) < 4.78 is 0. The van der Waals surface area contributed by atoms with E-state index in [9.17, 15) is 4.79 Å². The van der Waals surface area contributed by atoms with Crippen molar-refractivity contribution in [1.29, 1.82) is 0 Å². The number of rotatable bonds is 4. The van der Waals surface area contributed by atoms with Gasteiger partial charge in [-0.05, 0) is 36.5 Å². The van der Waals surface area contributed by atoms with Crippen LogP contribution in [0.25, 0.3) is 0 Å². The fraction of sp³-hybridized carbons (Fsp3) is 0.533. The van der Waals surface area contributed by atoms with E-state index >= 15 is 0 Å². The molecule has 98 valence electrons. The van der Waals surface area contributed by atoms with Crippen LogP contribution in [-0.2, 0) is 6.54 Å². The summed E-state index contributed by atoms with van der Waals surface area (Å²) in [5.41, 5.74) is 7.36. The molecule has 0 radical (unpaired) electrons. The van der Waals surface area contributed by atoms with Crippen LogP contribution in [0.1, 0.15) is 41.6 Å². The molecule has 2 rings (SSSR count). The number of nitrogens with two attached hydrogens (primary N) is 1. The minimum Gasteiger partial charge on any atom is -0.341 e. The molecule has 1 fully saturated rings. The van der Waals surface area contributed by atoms with E-state index in [2.05, 4.69) is 0 Å². The average molecular weight is 246 g/mol. The maximum absolute atomic E-state index is 12.3. The summed E-state index contributed by atoms with van der Waals surface area (Å²) in [7, 11) is 1.90. The van der Waals surface area contributed by atoms with Crippen molar-refractivity contribution in [3.05, 3.63) is 35.4 Å². The van der Waals surface area contributed by atoms with Gasteiger partial charge in [0.05, 0.1) is 0 Å². The number of hydrogen-bond acceptors (Lipinski definition) is 2. The molecule has 0 heterocycles. The Morgan fingerprint density at radius 2 is 2.11 bits per heavy atom. The van der Waals surface area contributed by atoms with Gasteiger partial charge >= 0.3 is 0 Å². The predicted octanol–water partition coefficient (Wildman–Crippen LogP) is 2.41. The maximum Gasteiger partial charge on any atom is 0.253 e. The van der Waals surface area contributed by atoms with Crippen molar-refractivity contribution in [1.82, 2.24) is 4.90 Å². The minimum atomic E-state index is 0.109. The number of amides is 1. The van der Waals surface area contributed by atoms with Gasteiger partial charge in [-0.3, -0.25) is 4.79 Å². The highest BCUT2D eigenvalue weighted by Crippen LogP contribution is 2.25. The van der Waals surface area contributed by atoms with Gasteiger partial charge in [0.1, 0.15) is 0 Å². The second-order valence-electron chi connectivity index (χ2n) is 5.24. The van der Waals surface area contributed by atoms with Crippen LogP contribution in [0.4, 0.5) is 0 Å². The normalized spacial score (nSPS) is 15.9. The lowest BCUT2D eigenvalue weighted by Gasteiger charge is -2.21. The van der Waals surface area contributed by atoms with E-state index in [1.807, 2.05) is 36.2 Å². The molecular formula is C15H22N2O. The Kier molecular flexibility index (Phi) is 4.37. The third kappa shape index (κ3) is 3.10. The summed E-state index contributed by atoms with van der Waals surface area (Å²) in [4.78, 5) is 14.1. The van der Waals surface area contributed by atoms with Crippen LogP contribution < -0.4 is 5.73 Å². The Labute approximate surface area is 109 Å². The smallest absolute Gasteiger partial charge is 0.253 e. The molecule has 0 spiro atoms. The van der Waals surface area contributed by atoms with Gasteiger partial charge in [-0.1, -0.05) is 25.0 Å². The summed E-state index contributed by atoms with van der Waals surface area (Å²) >= 11 is 0. The second kappa shape index (κ2) is 6.01. The largest absolute Gasteiger partial charge is 0.341 e. The molecule has 1 amide bonds. The zero-order valence-corrected chi connectivity index (χ0v) is 11.1. The molecule has 3 heteroatoms. The maximum atomic E-state index is 12.3. The molecule has 1 aliphatic rings. The van der Waals surface area contributed by atoms with E-state index in [0.717, 1.165) is 17.7 Å². The molecule has 0 bridgehead atoms. The monoisotopic (exact) mass is 246 g/mol. The molecule has 1 saturated carbocycles. The summed E-state index contributed by atoms with van der Waals surface area (Å²) in [6.45, 7) is 1.36. The van der Waals surface area contributed by atoms with Gasteiger partial charge < -0.3 is 10.6 Å². The Morgan fingerprint density at radius 3 is 2.78 bits per heavy atom. The van der Waals surface area contributed by atoms with Crippen LogP contribution >= 0.6 is 0 Å². The third-order valence-electron chi connectivity index (χ3n) is 3.76. The van der Waals surface area contributed by atoms with Crippen molar-refractivity contribution >= 4 is 5.91 Å². The highest BCUT2D eigenvalue weighted by molar-refractivity contribution is 5.94. The van der Waals surface area contributed by atoms with Gasteiger partial charge in [0.25, 0.3) is 5.91 Å². The first-order chi connectivity index (χ1) is 8.70. The summed E-state index contributed by atoms with van der Waals surface area (Å²) in [5, 5.41) is 0. The van der Waals surface area contributed by atoms with Crippen LogP contribution in [-0.4, -0.2) is 24.4 Å². The SMILES string of the molecule is CN(CC1CCCC1)C(=O)c1cccc(CN)c1. The molecule has 0 atom stereocenters. The van der Waals surface area contributed by atoms with Gasteiger partial charge in [0, 0.05) is 25.7 Å². The van der Waals surface area contributed by atoms with E-state index in [-0.39, 0.29) is 5.91 Å². The van der Waals surface area contributed by atoms with Gasteiger partial charge in [-0.15, -0.1) is 0 Å². The lowest BCUT2D eigenvalue weighted by atomic mass is 10.1. The summed E-state index contributed by atoms with van der Waals surface area (Å²) in [5.74, 6) is 0.800. The molecule has 0 aromatic heterocycles. The Hall–Kier alpha value is -1.35. The Bertz CT molecular complexity index is 411. The molecule has 18 heavy (non-hydrogen) atoms. The average Bonchev–Trinajstić information content (AvgIpc) is 2.90. The van der Waals surface area contributed by atoms with Crippen LogP contribution in [0, 0.1) is 5.92 Å². The van der Waals surface area contributed by atoms with Crippen LogP contribution in [0.15, 0.2) is 24.3 Å². The van der Waals surface area contributed by atoms with Gasteiger partial charge in [0.2, 0.25) is 0 Å². The molecule has 0 saturated heterocycles. The predicted molar refractivity (Wildman–Crippen MR) is 73.3 cm³/mol. The number of nitrogens with zero attached hydrogens (tertiary/aromatic N) is 1. The lowest BCUT2D eigenvalue weighted by molar-refractivity contribution is 0.0773. The van der Waals surface area contributed by atoms with E-state index < -0.39 is 0 Å². The van der Waals surface area contributed by atoms with Crippen LogP contribution in [0.2, 0.25) is 0 Å². The fourth-order valence-corrected chi connectivity index (χ4v) is 2.71. The molecule has 2 N–H and O–H groups in total. The van der Waals surface area contributed by atoms with Crippen molar-refractivity contribution in [2.75, 3.05) is 13.6 Å². The molecule has 3 nitrogen and oxygen atoms in total. The highest BCUT2D eigenvalue weighted by atomic mass is 16.2. The number of hydrogen-bond donors (Lipinski definition) is 1. The van der Waals surface area contributed by atoms with Gasteiger partial charge in [-0.25, -0.2) is 0 Å². The fourth-order valence-electron chi connectivity index (χ4n) is 2.71. The zero-order valence-electron chi connectivity index (χ0n) is 11.1. The van der Waals surface area contributed by atoms with E-state index in [0.29, 0.717) is 12.5 Å². The van der Waals surface area contributed by atoms with Crippen molar-refractivity contribution in [3.63, 3.8) is 0 Å². The highest BCUT2D eigenvalue weighted by Gasteiger charge is 2.20. The summed E-state index contributed by atoms with van der Waals surface area (Å²) in [6, 6.07) is 7.62. The zero-order chi connectivity index (χ0) is 13.0. The second-order valence-corrected chi connectivity index (χ2v) is 5.24. The van der Waals surface area contributed by atoms with Crippen molar-refractivity contribution in [3.8, 4) is 0 Å². The van der Waals surface area contributed by atoms with Crippen LogP contribution in [0.3, 0.4) is 0 Å². The molecule has 0 aliphatic heterocycles. The van der Waals surface area contributed by atoms with E-state index in [1.165, 1.54) is 25.7 Å². The van der Waals surface area contributed by atoms with Crippen LogP contribution in [0.5, 0.6) is 0 Å². The molecule has 1 aromatic rings. The van der Waals surface area contributed by atoms with Crippen molar-refractivity contribution < 1.29 is 4.79 Å². The first-order valence-corrected chi connectivity index (χ1v) is 6.75. The first-order valence-electron chi connectivity index (χ1n) is 6.75. The lowest BCUT2D eigenvalue weighted by Crippen LogP contribution is -2.31. The van der Waals surface area contributed by atoms with E-state index in [4.69, 9.17) is 5.73 Å². The van der Waals surface area contributed by atoms with Gasteiger partial charge in [-0.2, -0.15) is 0 Å².